The standard InChI is InChI=1S/C16H16N4O2/c1-11-19-20-16(22-11)12-6-7-14(17-9-12)10-18-13-4-3-5-15(8-13)21-2/h3-9,18H,10H2,1-2H3. The van der Waals surface area contributed by atoms with E-state index in [1.807, 2.05) is 36.4 Å². The number of ether oxygens (including phenoxy) is 1. The van der Waals surface area contributed by atoms with Crippen LogP contribution in [-0.4, -0.2) is 22.3 Å². The van der Waals surface area contributed by atoms with Gasteiger partial charge in [0.25, 0.3) is 0 Å². The van der Waals surface area contributed by atoms with Crippen LogP contribution in [0.1, 0.15) is 11.6 Å². The number of benzene rings is 1. The van der Waals surface area contributed by atoms with E-state index in [9.17, 15) is 0 Å². The first-order valence-corrected chi connectivity index (χ1v) is 6.88. The number of nitrogens with one attached hydrogen (secondary N) is 1. The van der Waals surface area contributed by atoms with Crippen LogP contribution in [0.3, 0.4) is 0 Å². The minimum absolute atomic E-state index is 0.484. The van der Waals surface area contributed by atoms with Crippen LogP contribution in [0.25, 0.3) is 11.5 Å². The van der Waals surface area contributed by atoms with Gasteiger partial charge in [0.05, 0.1) is 24.9 Å². The van der Waals surface area contributed by atoms with Crippen LogP contribution >= 0.6 is 0 Å². The lowest BCUT2D eigenvalue weighted by Crippen LogP contribution is -2.01. The van der Waals surface area contributed by atoms with E-state index in [2.05, 4.69) is 20.5 Å². The molecule has 0 radical (unpaired) electrons. The molecule has 0 fully saturated rings. The van der Waals surface area contributed by atoms with Crippen LogP contribution in [0.2, 0.25) is 0 Å². The first kappa shape index (κ1) is 14.1. The number of nitrogens with zero attached hydrogens (tertiary/aromatic N) is 3. The minimum Gasteiger partial charge on any atom is -0.497 e. The summed E-state index contributed by atoms with van der Waals surface area (Å²) >= 11 is 0. The average Bonchev–Trinajstić information content (AvgIpc) is 3.00. The van der Waals surface area contributed by atoms with Gasteiger partial charge in [-0.25, -0.2) is 0 Å². The molecule has 0 aliphatic rings. The van der Waals surface area contributed by atoms with Crippen molar-refractivity contribution in [1.29, 1.82) is 0 Å². The van der Waals surface area contributed by atoms with Crippen molar-refractivity contribution in [2.45, 2.75) is 13.5 Å². The smallest absolute Gasteiger partial charge is 0.249 e. The zero-order valence-corrected chi connectivity index (χ0v) is 12.4. The number of anilines is 1. The van der Waals surface area contributed by atoms with Crippen molar-refractivity contribution in [1.82, 2.24) is 15.2 Å². The van der Waals surface area contributed by atoms with Gasteiger partial charge in [0, 0.05) is 24.9 Å². The van der Waals surface area contributed by atoms with Crippen molar-refractivity contribution in [2.24, 2.45) is 0 Å². The summed E-state index contributed by atoms with van der Waals surface area (Å²) in [5, 5.41) is 11.1. The molecule has 0 bridgehead atoms. The second-order valence-corrected chi connectivity index (χ2v) is 4.75. The number of hydrogen-bond acceptors (Lipinski definition) is 6. The topological polar surface area (TPSA) is 73.1 Å². The zero-order valence-electron chi connectivity index (χ0n) is 12.4. The molecule has 0 atom stereocenters. The van der Waals surface area contributed by atoms with Crippen molar-refractivity contribution in [3.05, 3.63) is 54.2 Å². The monoisotopic (exact) mass is 296 g/mol. The van der Waals surface area contributed by atoms with Crippen molar-refractivity contribution in [3.63, 3.8) is 0 Å². The predicted molar refractivity (Wildman–Crippen MR) is 82.6 cm³/mol. The lowest BCUT2D eigenvalue weighted by molar-refractivity contribution is 0.415. The number of rotatable bonds is 5. The van der Waals surface area contributed by atoms with Gasteiger partial charge in [0.15, 0.2) is 0 Å². The number of aromatic nitrogens is 3. The highest BCUT2D eigenvalue weighted by molar-refractivity contribution is 5.51. The molecule has 0 amide bonds. The van der Waals surface area contributed by atoms with Crippen LogP contribution in [-0.2, 0) is 6.54 Å². The Morgan fingerprint density at radius 2 is 2.09 bits per heavy atom. The molecule has 0 aliphatic heterocycles. The zero-order chi connectivity index (χ0) is 15.4. The number of hydrogen-bond donors (Lipinski definition) is 1. The van der Waals surface area contributed by atoms with E-state index in [4.69, 9.17) is 9.15 Å². The Morgan fingerprint density at radius 1 is 1.18 bits per heavy atom. The molecule has 3 aromatic rings. The lowest BCUT2D eigenvalue weighted by atomic mass is 10.2. The van der Waals surface area contributed by atoms with E-state index in [-0.39, 0.29) is 0 Å². The second kappa shape index (κ2) is 6.26. The summed E-state index contributed by atoms with van der Waals surface area (Å²) in [6.45, 7) is 2.38. The van der Waals surface area contributed by atoms with Crippen LogP contribution in [0.15, 0.2) is 47.0 Å². The molecule has 3 rings (SSSR count). The third-order valence-electron chi connectivity index (χ3n) is 3.14. The molecular formula is C16H16N4O2. The Bertz CT molecular complexity index is 753. The minimum atomic E-state index is 0.484. The summed E-state index contributed by atoms with van der Waals surface area (Å²) in [4.78, 5) is 4.40. The van der Waals surface area contributed by atoms with E-state index in [0.29, 0.717) is 18.3 Å². The largest absolute Gasteiger partial charge is 0.497 e. The number of pyridine rings is 1. The van der Waals surface area contributed by atoms with Gasteiger partial charge >= 0.3 is 0 Å². The first-order valence-electron chi connectivity index (χ1n) is 6.88. The van der Waals surface area contributed by atoms with Gasteiger partial charge in [0.2, 0.25) is 11.8 Å². The maximum atomic E-state index is 5.37. The highest BCUT2D eigenvalue weighted by Gasteiger charge is 2.06. The molecule has 0 spiro atoms. The average molecular weight is 296 g/mol. The van der Waals surface area contributed by atoms with Crippen molar-refractivity contribution >= 4 is 5.69 Å². The Hall–Kier alpha value is -2.89. The van der Waals surface area contributed by atoms with E-state index >= 15 is 0 Å². The molecule has 0 saturated heterocycles. The Morgan fingerprint density at radius 3 is 2.77 bits per heavy atom. The van der Waals surface area contributed by atoms with E-state index in [1.54, 1.807) is 20.2 Å². The molecular weight excluding hydrogens is 280 g/mol. The van der Waals surface area contributed by atoms with Crippen molar-refractivity contribution < 1.29 is 9.15 Å². The third kappa shape index (κ3) is 3.22. The molecule has 0 unspecified atom stereocenters. The molecule has 112 valence electrons. The Balaban J connectivity index is 1.66. The molecule has 1 aromatic carbocycles. The van der Waals surface area contributed by atoms with Crippen LogP contribution < -0.4 is 10.1 Å². The summed E-state index contributed by atoms with van der Waals surface area (Å²) in [6.07, 6.45) is 1.73. The summed E-state index contributed by atoms with van der Waals surface area (Å²) in [5.41, 5.74) is 2.71. The molecule has 2 aromatic heterocycles. The van der Waals surface area contributed by atoms with E-state index in [1.165, 1.54) is 0 Å². The Labute approximate surface area is 128 Å². The summed E-state index contributed by atoms with van der Waals surface area (Å²) in [7, 11) is 1.65. The van der Waals surface area contributed by atoms with Crippen LogP contribution in [0, 0.1) is 6.92 Å². The fourth-order valence-electron chi connectivity index (χ4n) is 1.99. The van der Waals surface area contributed by atoms with Gasteiger partial charge in [-0.05, 0) is 24.3 Å². The number of methoxy groups -OCH3 is 1. The highest BCUT2D eigenvalue weighted by Crippen LogP contribution is 2.19. The molecule has 2 heterocycles. The summed E-state index contributed by atoms with van der Waals surface area (Å²) in [6, 6.07) is 11.6. The fraction of sp³-hybridized carbons (Fsp3) is 0.188. The van der Waals surface area contributed by atoms with Crippen molar-refractivity contribution in [3.8, 4) is 17.2 Å². The summed E-state index contributed by atoms with van der Waals surface area (Å²) in [5.74, 6) is 1.84. The van der Waals surface area contributed by atoms with Gasteiger partial charge in [-0.2, -0.15) is 0 Å². The first-order chi connectivity index (χ1) is 10.7. The molecule has 0 aliphatic carbocycles. The molecule has 6 heteroatoms. The molecule has 6 nitrogen and oxygen atoms in total. The van der Waals surface area contributed by atoms with E-state index < -0.39 is 0 Å². The van der Waals surface area contributed by atoms with Gasteiger partial charge in [-0.3, -0.25) is 4.98 Å². The maximum Gasteiger partial charge on any atom is 0.249 e. The van der Waals surface area contributed by atoms with Crippen LogP contribution in [0.5, 0.6) is 5.75 Å². The quantitative estimate of drug-likeness (QED) is 0.780. The third-order valence-corrected chi connectivity index (χ3v) is 3.14. The van der Waals surface area contributed by atoms with Gasteiger partial charge < -0.3 is 14.5 Å². The maximum absolute atomic E-state index is 5.37. The van der Waals surface area contributed by atoms with Gasteiger partial charge in [0.1, 0.15) is 5.75 Å². The number of aryl methyl sites for hydroxylation is 1. The highest BCUT2D eigenvalue weighted by atomic mass is 16.5. The normalized spacial score (nSPS) is 10.5. The van der Waals surface area contributed by atoms with E-state index in [0.717, 1.165) is 22.7 Å². The second-order valence-electron chi connectivity index (χ2n) is 4.75. The SMILES string of the molecule is COc1cccc(NCc2ccc(-c3nnc(C)o3)cn2)c1. The fourth-order valence-corrected chi connectivity index (χ4v) is 1.99. The Kier molecular flexibility index (Phi) is 4.00. The van der Waals surface area contributed by atoms with Crippen LogP contribution in [0.4, 0.5) is 5.69 Å². The van der Waals surface area contributed by atoms with Gasteiger partial charge in [-0.15, -0.1) is 10.2 Å². The molecule has 0 saturated carbocycles. The molecule has 22 heavy (non-hydrogen) atoms. The van der Waals surface area contributed by atoms with Gasteiger partial charge in [-0.1, -0.05) is 6.07 Å². The summed E-state index contributed by atoms with van der Waals surface area (Å²) < 4.78 is 10.6. The van der Waals surface area contributed by atoms with Crippen molar-refractivity contribution in [2.75, 3.05) is 12.4 Å². The molecule has 1 N–H and O–H groups in total. The predicted octanol–water partition coefficient (Wildman–Crippen LogP) is 3.06. The lowest BCUT2D eigenvalue weighted by Gasteiger charge is -2.07.